The molecule has 21 heavy (non-hydrogen) atoms. The van der Waals surface area contributed by atoms with Crippen LogP contribution >= 0.6 is 0 Å². The first-order valence-corrected chi connectivity index (χ1v) is 7.82. The molecule has 1 unspecified atom stereocenters. The summed E-state index contributed by atoms with van der Waals surface area (Å²) in [6.45, 7) is 5.39. The molecule has 4 nitrogen and oxygen atoms in total. The molecule has 2 aromatic heterocycles. The van der Waals surface area contributed by atoms with Crippen LogP contribution in [0.1, 0.15) is 29.9 Å². The summed E-state index contributed by atoms with van der Waals surface area (Å²) in [6, 6.07) is 8.46. The van der Waals surface area contributed by atoms with Crippen molar-refractivity contribution < 1.29 is 0 Å². The Morgan fingerprint density at radius 2 is 2.14 bits per heavy atom. The number of nitrogens with zero attached hydrogens (tertiary/aromatic N) is 4. The Balaban J connectivity index is 1.58. The van der Waals surface area contributed by atoms with Gasteiger partial charge >= 0.3 is 0 Å². The summed E-state index contributed by atoms with van der Waals surface area (Å²) in [5, 5.41) is 4.49. The van der Waals surface area contributed by atoms with Gasteiger partial charge in [-0.2, -0.15) is 5.10 Å². The Morgan fingerprint density at radius 3 is 2.90 bits per heavy atom. The third-order valence-electron chi connectivity index (χ3n) is 4.20. The second-order valence-corrected chi connectivity index (χ2v) is 6.20. The summed E-state index contributed by atoms with van der Waals surface area (Å²) in [5.41, 5.74) is 3.53. The molecule has 2 aromatic rings. The molecule has 0 bridgehead atoms. The van der Waals surface area contributed by atoms with Gasteiger partial charge in [0.1, 0.15) is 0 Å². The van der Waals surface area contributed by atoms with Crippen LogP contribution in [0.4, 0.5) is 0 Å². The lowest BCUT2D eigenvalue weighted by atomic mass is 9.93. The van der Waals surface area contributed by atoms with Crippen LogP contribution in [-0.4, -0.2) is 32.8 Å². The quantitative estimate of drug-likeness (QED) is 0.865. The maximum Gasteiger partial charge on any atom is 0.0764 e. The summed E-state index contributed by atoms with van der Waals surface area (Å²) >= 11 is 0. The highest BCUT2D eigenvalue weighted by Crippen LogP contribution is 2.21. The van der Waals surface area contributed by atoms with E-state index in [1.165, 1.54) is 30.8 Å². The summed E-state index contributed by atoms with van der Waals surface area (Å²) in [6.07, 6.45) is 5.71. The van der Waals surface area contributed by atoms with E-state index < -0.39 is 0 Å². The van der Waals surface area contributed by atoms with Gasteiger partial charge in [-0.15, -0.1) is 0 Å². The zero-order chi connectivity index (χ0) is 14.7. The maximum atomic E-state index is 4.65. The predicted molar refractivity (Wildman–Crippen MR) is 83.9 cm³/mol. The van der Waals surface area contributed by atoms with Gasteiger partial charge in [-0.3, -0.25) is 14.6 Å². The molecule has 3 heterocycles. The topological polar surface area (TPSA) is 34.0 Å². The highest BCUT2D eigenvalue weighted by molar-refractivity contribution is 5.10. The third-order valence-corrected chi connectivity index (χ3v) is 4.20. The van der Waals surface area contributed by atoms with Crippen molar-refractivity contribution in [1.82, 2.24) is 19.7 Å². The first-order valence-electron chi connectivity index (χ1n) is 7.82. The maximum absolute atomic E-state index is 4.65. The van der Waals surface area contributed by atoms with Gasteiger partial charge in [0.15, 0.2) is 0 Å². The Labute approximate surface area is 126 Å². The van der Waals surface area contributed by atoms with Crippen LogP contribution in [0.5, 0.6) is 0 Å². The number of piperidine rings is 1. The molecule has 0 spiro atoms. The Kier molecular flexibility index (Phi) is 4.34. The van der Waals surface area contributed by atoms with Crippen molar-refractivity contribution >= 4 is 0 Å². The third kappa shape index (κ3) is 3.91. The van der Waals surface area contributed by atoms with Crippen LogP contribution in [0.3, 0.4) is 0 Å². The molecule has 1 fully saturated rings. The molecular formula is C17H24N4. The second-order valence-electron chi connectivity index (χ2n) is 6.20. The molecule has 0 radical (unpaired) electrons. The summed E-state index contributed by atoms with van der Waals surface area (Å²) in [4.78, 5) is 7.18. The van der Waals surface area contributed by atoms with E-state index in [9.17, 15) is 0 Å². The van der Waals surface area contributed by atoms with E-state index in [-0.39, 0.29) is 0 Å². The van der Waals surface area contributed by atoms with Gasteiger partial charge in [0, 0.05) is 37.7 Å². The van der Waals surface area contributed by atoms with Crippen molar-refractivity contribution in [3.8, 4) is 0 Å². The van der Waals surface area contributed by atoms with E-state index in [0.717, 1.165) is 31.1 Å². The zero-order valence-electron chi connectivity index (χ0n) is 13.0. The fourth-order valence-electron chi connectivity index (χ4n) is 3.25. The Morgan fingerprint density at radius 1 is 1.24 bits per heavy atom. The largest absolute Gasteiger partial charge is 0.297 e. The molecule has 1 aliphatic heterocycles. The number of rotatable bonds is 4. The molecule has 3 rings (SSSR count). The number of hydrogen-bond donors (Lipinski definition) is 0. The summed E-state index contributed by atoms with van der Waals surface area (Å²) in [5.74, 6) is 0.719. The molecule has 0 aromatic carbocycles. The zero-order valence-corrected chi connectivity index (χ0v) is 13.0. The van der Waals surface area contributed by atoms with E-state index in [0.29, 0.717) is 0 Å². The number of aromatic nitrogens is 3. The van der Waals surface area contributed by atoms with E-state index in [2.05, 4.69) is 46.2 Å². The highest BCUT2D eigenvalue weighted by Gasteiger charge is 2.21. The first-order chi connectivity index (χ1) is 10.2. The lowest BCUT2D eigenvalue weighted by Crippen LogP contribution is -2.36. The second kappa shape index (κ2) is 6.39. The SMILES string of the molecule is Cc1cccc(CC2CCCN(Cc3ccn(C)n3)C2)n1. The average Bonchev–Trinajstić information content (AvgIpc) is 2.84. The minimum Gasteiger partial charge on any atom is -0.297 e. The van der Waals surface area contributed by atoms with Crippen molar-refractivity contribution in [2.24, 2.45) is 13.0 Å². The van der Waals surface area contributed by atoms with Crippen LogP contribution in [0.25, 0.3) is 0 Å². The average molecular weight is 284 g/mol. The fourth-order valence-corrected chi connectivity index (χ4v) is 3.25. The van der Waals surface area contributed by atoms with Crippen LogP contribution in [-0.2, 0) is 20.0 Å². The number of hydrogen-bond acceptors (Lipinski definition) is 3. The van der Waals surface area contributed by atoms with Crippen LogP contribution in [0.2, 0.25) is 0 Å². The van der Waals surface area contributed by atoms with Gasteiger partial charge in [0.2, 0.25) is 0 Å². The van der Waals surface area contributed by atoms with Crippen molar-refractivity contribution in [3.63, 3.8) is 0 Å². The molecule has 1 atom stereocenters. The highest BCUT2D eigenvalue weighted by atomic mass is 15.3. The van der Waals surface area contributed by atoms with Gasteiger partial charge in [-0.05, 0) is 56.8 Å². The van der Waals surface area contributed by atoms with Gasteiger partial charge in [-0.25, -0.2) is 0 Å². The van der Waals surface area contributed by atoms with E-state index in [4.69, 9.17) is 0 Å². The number of likely N-dealkylation sites (tertiary alicyclic amines) is 1. The van der Waals surface area contributed by atoms with Crippen LogP contribution < -0.4 is 0 Å². The van der Waals surface area contributed by atoms with Crippen molar-refractivity contribution in [2.75, 3.05) is 13.1 Å². The smallest absolute Gasteiger partial charge is 0.0764 e. The van der Waals surface area contributed by atoms with Crippen molar-refractivity contribution in [3.05, 3.63) is 47.5 Å². The summed E-state index contributed by atoms with van der Waals surface area (Å²) < 4.78 is 1.88. The van der Waals surface area contributed by atoms with E-state index in [1.54, 1.807) is 0 Å². The normalized spacial score (nSPS) is 19.8. The molecule has 0 N–H and O–H groups in total. The first kappa shape index (κ1) is 14.3. The number of aryl methyl sites for hydroxylation is 2. The molecule has 0 amide bonds. The van der Waals surface area contributed by atoms with Crippen LogP contribution in [0.15, 0.2) is 30.5 Å². The lowest BCUT2D eigenvalue weighted by Gasteiger charge is -2.32. The Hall–Kier alpha value is -1.68. The molecule has 0 aliphatic carbocycles. The molecule has 0 saturated carbocycles. The van der Waals surface area contributed by atoms with Crippen molar-refractivity contribution in [2.45, 2.75) is 32.7 Å². The molecular weight excluding hydrogens is 260 g/mol. The fraction of sp³-hybridized carbons (Fsp3) is 0.529. The monoisotopic (exact) mass is 284 g/mol. The molecule has 1 saturated heterocycles. The number of pyridine rings is 1. The standard InChI is InChI=1S/C17H24N4/c1-14-5-3-7-16(18-14)11-15-6-4-9-21(12-15)13-17-8-10-20(2)19-17/h3,5,7-8,10,15H,4,6,9,11-13H2,1-2H3. The molecule has 1 aliphatic rings. The lowest BCUT2D eigenvalue weighted by molar-refractivity contribution is 0.164. The molecule has 112 valence electrons. The van der Waals surface area contributed by atoms with E-state index >= 15 is 0 Å². The van der Waals surface area contributed by atoms with Gasteiger partial charge in [0.25, 0.3) is 0 Å². The van der Waals surface area contributed by atoms with E-state index in [1.807, 2.05) is 17.9 Å². The molecule has 4 heteroatoms. The summed E-state index contributed by atoms with van der Waals surface area (Å²) in [7, 11) is 1.98. The van der Waals surface area contributed by atoms with Gasteiger partial charge in [0.05, 0.1) is 5.69 Å². The van der Waals surface area contributed by atoms with Gasteiger partial charge in [-0.1, -0.05) is 6.07 Å². The minimum atomic E-state index is 0.719. The Bertz CT molecular complexity index is 590. The van der Waals surface area contributed by atoms with Gasteiger partial charge < -0.3 is 0 Å². The predicted octanol–water partition coefficient (Wildman–Crippen LogP) is 2.58. The minimum absolute atomic E-state index is 0.719. The van der Waals surface area contributed by atoms with Crippen LogP contribution in [0, 0.1) is 12.8 Å². The van der Waals surface area contributed by atoms with Crippen molar-refractivity contribution in [1.29, 1.82) is 0 Å².